The van der Waals surface area contributed by atoms with Gasteiger partial charge in [0.05, 0.1) is 18.5 Å². The largest absolute Gasteiger partial charge is 0.495 e. The van der Waals surface area contributed by atoms with E-state index in [2.05, 4.69) is 43.4 Å². The topological polar surface area (TPSA) is 71.1 Å². The van der Waals surface area contributed by atoms with Crippen molar-refractivity contribution in [3.63, 3.8) is 0 Å². The number of nitrogens with one attached hydrogen (secondary N) is 1. The molecule has 0 radical (unpaired) electrons. The molecule has 0 spiro atoms. The summed E-state index contributed by atoms with van der Waals surface area (Å²) in [7, 11) is 1.63. The van der Waals surface area contributed by atoms with Crippen molar-refractivity contribution in [3.05, 3.63) is 82.3 Å². The molecule has 5 nitrogen and oxygen atoms in total. The molecule has 5 aromatic rings. The van der Waals surface area contributed by atoms with Crippen molar-refractivity contribution in [1.29, 1.82) is 5.26 Å². The van der Waals surface area contributed by atoms with E-state index in [1.165, 1.54) is 22.5 Å². The number of aromatic nitrogens is 1. The first-order valence-corrected chi connectivity index (χ1v) is 11.3. The van der Waals surface area contributed by atoms with Crippen LogP contribution >= 0.6 is 11.3 Å². The monoisotopic (exact) mass is 451 g/mol. The summed E-state index contributed by atoms with van der Waals surface area (Å²) in [5, 5.41) is 17.6. The Kier molecular flexibility index (Phi) is 5.33. The zero-order valence-electron chi connectivity index (χ0n) is 18.5. The molecule has 2 aromatic heterocycles. The van der Waals surface area contributed by atoms with Gasteiger partial charge in [0.1, 0.15) is 33.6 Å². The Hall–Kier alpha value is -4.08. The maximum absolute atomic E-state index is 9.77. The zero-order chi connectivity index (χ0) is 22.9. The maximum Gasteiger partial charge on any atom is 0.143 e. The first-order valence-electron chi connectivity index (χ1n) is 10.5. The third-order valence-corrected chi connectivity index (χ3v) is 6.60. The molecule has 0 saturated carbocycles. The number of allylic oxidation sites excluding steroid dienone is 1. The number of hydrogen-bond donors (Lipinski definition) is 1. The summed E-state index contributed by atoms with van der Waals surface area (Å²) in [4.78, 5) is 4.69. The second kappa shape index (κ2) is 8.45. The third-order valence-electron chi connectivity index (χ3n) is 5.73. The van der Waals surface area contributed by atoms with E-state index in [4.69, 9.17) is 14.1 Å². The van der Waals surface area contributed by atoms with Crippen LogP contribution in [0.5, 0.6) is 5.75 Å². The van der Waals surface area contributed by atoms with Crippen LogP contribution in [0.15, 0.2) is 70.6 Å². The van der Waals surface area contributed by atoms with Gasteiger partial charge in [-0.1, -0.05) is 30.3 Å². The van der Waals surface area contributed by atoms with E-state index in [1.807, 2.05) is 41.8 Å². The van der Waals surface area contributed by atoms with E-state index >= 15 is 0 Å². The number of furan rings is 1. The molecule has 0 aliphatic rings. The van der Waals surface area contributed by atoms with Crippen LogP contribution in [0.1, 0.15) is 16.1 Å². The van der Waals surface area contributed by atoms with Crippen molar-refractivity contribution in [1.82, 2.24) is 4.98 Å². The summed E-state index contributed by atoms with van der Waals surface area (Å²) in [6, 6.07) is 20.3. The zero-order valence-corrected chi connectivity index (χ0v) is 19.3. The van der Waals surface area contributed by atoms with E-state index in [1.54, 1.807) is 13.3 Å². The fourth-order valence-corrected chi connectivity index (χ4v) is 4.55. The number of methoxy groups -OCH3 is 1. The Labute approximate surface area is 195 Å². The van der Waals surface area contributed by atoms with Gasteiger partial charge in [0.2, 0.25) is 0 Å². The number of aryl methyl sites for hydroxylation is 2. The molecule has 1 N–H and O–H groups in total. The smallest absolute Gasteiger partial charge is 0.143 e. The summed E-state index contributed by atoms with van der Waals surface area (Å²) < 4.78 is 11.6. The lowest BCUT2D eigenvalue weighted by Crippen LogP contribution is -1.95. The maximum atomic E-state index is 9.77. The Bertz CT molecular complexity index is 1570. The predicted molar refractivity (Wildman–Crippen MR) is 135 cm³/mol. The van der Waals surface area contributed by atoms with Crippen molar-refractivity contribution in [2.45, 2.75) is 13.8 Å². The normalized spacial score (nSPS) is 11.6. The van der Waals surface area contributed by atoms with E-state index in [0.717, 1.165) is 33.2 Å². The summed E-state index contributed by atoms with van der Waals surface area (Å²) in [6.07, 6.45) is 1.66. The molecule has 0 fully saturated rings. The lowest BCUT2D eigenvalue weighted by Gasteiger charge is -2.08. The number of fused-ring (bicyclic) bond motifs is 3. The van der Waals surface area contributed by atoms with Crippen LogP contribution in [0.25, 0.3) is 38.8 Å². The molecule has 0 saturated heterocycles. The minimum absolute atomic E-state index is 0.446. The number of nitriles is 1. The summed E-state index contributed by atoms with van der Waals surface area (Å²) >= 11 is 1.45. The van der Waals surface area contributed by atoms with Crippen LogP contribution in [0, 0.1) is 25.2 Å². The molecule has 0 aliphatic carbocycles. The highest BCUT2D eigenvalue weighted by Gasteiger charge is 2.13. The van der Waals surface area contributed by atoms with Crippen molar-refractivity contribution >= 4 is 44.5 Å². The number of rotatable bonds is 5. The van der Waals surface area contributed by atoms with Crippen LogP contribution in [-0.4, -0.2) is 12.1 Å². The molecule has 2 heterocycles. The average molecular weight is 452 g/mol. The number of thiazole rings is 1. The van der Waals surface area contributed by atoms with Gasteiger partial charge >= 0.3 is 0 Å². The molecule has 0 aliphatic heterocycles. The quantitative estimate of drug-likeness (QED) is 0.284. The van der Waals surface area contributed by atoms with E-state index in [-0.39, 0.29) is 0 Å². The Morgan fingerprint density at radius 3 is 2.70 bits per heavy atom. The number of anilines is 1. The van der Waals surface area contributed by atoms with Crippen molar-refractivity contribution in [3.8, 4) is 23.1 Å². The highest BCUT2D eigenvalue weighted by atomic mass is 32.1. The molecule has 6 heteroatoms. The van der Waals surface area contributed by atoms with Gasteiger partial charge in [-0.3, -0.25) is 0 Å². The SMILES string of the molecule is COc1cc2c(cc1NC=C(C#N)c1nc(-c3ccc(C)c(C)c3)cs1)oc1ccccc12. The highest BCUT2D eigenvalue weighted by Crippen LogP contribution is 2.36. The van der Waals surface area contributed by atoms with Crippen LogP contribution in [0.3, 0.4) is 0 Å². The van der Waals surface area contributed by atoms with Crippen LogP contribution in [0.2, 0.25) is 0 Å². The number of para-hydroxylation sites is 1. The Morgan fingerprint density at radius 1 is 1.06 bits per heavy atom. The van der Waals surface area contributed by atoms with E-state index in [0.29, 0.717) is 22.0 Å². The molecule has 0 amide bonds. The fraction of sp³-hybridized carbons (Fsp3) is 0.111. The molecular weight excluding hydrogens is 430 g/mol. The van der Waals surface area contributed by atoms with Gasteiger partial charge < -0.3 is 14.5 Å². The van der Waals surface area contributed by atoms with Gasteiger partial charge in [-0.15, -0.1) is 11.3 Å². The van der Waals surface area contributed by atoms with Gasteiger partial charge in [-0.05, 0) is 43.2 Å². The minimum atomic E-state index is 0.446. The van der Waals surface area contributed by atoms with Crippen LogP contribution < -0.4 is 10.1 Å². The van der Waals surface area contributed by atoms with Gasteiger partial charge in [0, 0.05) is 34.0 Å². The molecule has 33 heavy (non-hydrogen) atoms. The van der Waals surface area contributed by atoms with Gasteiger partial charge in [-0.2, -0.15) is 5.26 Å². The molecule has 0 bridgehead atoms. The lowest BCUT2D eigenvalue weighted by atomic mass is 10.1. The Balaban J connectivity index is 1.47. The van der Waals surface area contributed by atoms with Gasteiger partial charge in [0.25, 0.3) is 0 Å². The molecule has 162 valence electrons. The van der Waals surface area contributed by atoms with Gasteiger partial charge in [0.15, 0.2) is 0 Å². The first kappa shape index (κ1) is 20.8. The van der Waals surface area contributed by atoms with Gasteiger partial charge in [-0.25, -0.2) is 4.98 Å². The number of benzene rings is 3. The molecule has 0 atom stereocenters. The molecule has 0 unspecified atom stereocenters. The van der Waals surface area contributed by atoms with Crippen LogP contribution in [0.4, 0.5) is 5.69 Å². The average Bonchev–Trinajstić information content (AvgIpc) is 3.45. The predicted octanol–water partition coefficient (Wildman–Crippen LogP) is 7.31. The molecular formula is C27H21N3O2S. The van der Waals surface area contributed by atoms with Crippen molar-refractivity contribution in [2.24, 2.45) is 0 Å². The van der Waals surface area contributed by atoms with Crippen LogP contribution in [-0.2, 0) is 0 Å². The molecule has 5 rings (SSSR count). The molecule has 3 aromatic carbocycles. The number of nitrogens with zero attached hydrogens (tertiary/aromatic N) is 2. The standard InChI is InChI=1S/C27H21N3O2S/c1-16-8-9-18(10-17(16)2)23-15-33-27(30-23)19(13-28)14-29-22-12-25-21(11-26(22)31-3)20-6-4-5-7-24(20)32-25/h4-12,14-15,29H,1-3H3. The fourth-order valence-electron chi connectivity index (χ4n) is 3.76. The third kappa shape index (κ3) is 3.84. The number of hydrogen-bond acceptors (Lipinski definition) is 6. The summed E-state index contributed by atoms with van der Waals surface area (Å²) in [5.74, 6) is 0.664. The van der Waals surface area contributed by atoms with E-state index < -0.39 is 0 Å². The number of ether oxygens (including phenoxy) is 1. The summed E-state index contributed by atoms with van der Waals surface area (Å²) in [5.41, 5.74) is 7.09. The highest BCUT2D eigenvalue weighted by molar-refractivity contribution is 7.11. The van der Waals surface area contributed by atoms with Crippen molar-refractivity contribution in [2.75, 3.05) is 12.4 Å². The van der Waals surface area contributed by atoms with Crippen molar-refractivity contribution < 1.29 is 9.15 Å². The van der Waals surface area contributed by atoms with E-state index in [9.17, 15) is 5.26 Å². The Morgan fingerprint density at radius 2 is 1.91 bits per heavy atom. The second-order valence-corrected chi connectivity index (χ2v) is 8.66. The minimum Gasteiger partial charge on any atom is -0.495 e. The summed E-state index contributed by atoms with van der Waals surface area (Å²) in [6.45, 7) is 4.17. The first-order chi connectivity index (χ1) is 16.1. The lowest BCUT2D eigenvalue weighted by molar-refractivity contribution is 0.417. The second-order valence-electron chi connectivity index (χ2n) is 7.80.